The molecular formula is C25H35ClNO3P. The van der Waals surface area contributed by atoms with E-state index in [4.69, 9.17) is 16.1 Å². The van der Waals surface area contributed by atoms with E-state index in [1.807, 2.05) is 43.3 Å². The molecule has 0 saturated heterocycles. The zero-order valence-electron chi connectivity index (χ0n) is 19.2. The van der Waals surface area contributed by atoms with Gasteiger partial charge in [0.2, 0.25) is 0 Å². The lowest BCUT2D eigenvalue weighted by Gasteiger charge is -2.40. The standard InChI is InChI=1S/C25H35ClNO3P/c1-17(2)23-15-6-18(3)16-24(23)30-31(29,22-13-11-21(12-14-22)27(4)5)25(28)19-7-9-20(26)10-8-19/h7-14,17-18,23-25,28H,6,15-16H2,1-5H3/t18-,23+,24-,25+,31-/m1/s1. The molecule has 0 aliphatic heterocycles. The van der Waals surface area contributed by atoms with Gasteiger partial charge in [-0.05, 0) is 72.6 Å². The Bertz CT molecular complexity index is 898. The average Bonchev–Trinajstić information content (AvgIpc) is 2.73. The number of hydrogen-bond donors (Lipinski definition) is 1. The topological polar surface area (TPSA) is 49.8 Å². The highest BCUT2D eigenvalue weighted by Crippen LogP contribution is 2.60. The maximum atomic E-state index is 14.5. The Morgan fingerprint density at radius 3 is 2.23 bits per heavy atom. The van der Waals surface area contributed by atoms with Crippen LogP contribution in [0.1, 0.15) is 51.4 Å². The van der Waals surface area contributed by atoms with Crippen LogP contribution < -0.4 is 10.2 Å². The molecule has 6 heteroatoms. The normalized spacial score (nSPS) is 24.6. The van der Waals surface area contributed by atoms with Gasteiger partial charge in [0.25, 0.3) is 7.37 Å². The summed E-state index contributed by atoms with van der Waals surface area (Å²) in [5.41, 5.74) is 1.55. The second kappa shape index (κ2) is 10.1. The highest BCUT2D eigenvalue weighted by molar-refractivity contribution is 7.67. The number of benzene rings is 2. The van der Waals surface area contributed by atoms with Crippen LogP contribution >= 0.6 is 19.0 Å². The van der Waals surface area contributed by atoms with Gasteiger partial charge in [-0.3, -0.25) is 4.57 Å². The number of hydrogen-bond acceptors (Lipinski definition) is 4. The van der Waals surface area contributed by atoms with Gasteiger partial charge in [0, 0.05) is 30.1 Å². The molecule has 0 heterocycles. The van der Waals surface area contributed by atoms with Gasteiger partial charge in [0.1, 0.15) is 0 Å². The van der Waals surface area contributed by atoms with Gasteiger partial charge >= 0.3 is 0 Å². The predicted octanol–water partition coefficient (Wildman–Crippen LogP) is 6.48. The molecule has 1 saturated carbocycles. The quantitative estimate of drug-likeness (QED) is 0.477. The fraction of sp³-hybridized carbons (Fsp3) is 0.520. The lowest BCUT2D eigenvalue weighted by atomic mass is 9.75. The van der Waals surface area contributed by atoms with Gasteiger partial charge in [0.15, 0.2) is 5.85 Å². The SMILES string of the molecule is CC(C)[C@@H]1CC[C@@H](C)C[C@H]1O[P@](=O)(c1ccc(N(C)C)cc1)[C@H](O)c1ccc(Cl)cc1. The van der Waals surface area contributed by atoms with Crippen molar-refractivity contribution in [3.05, 3.63) is 59.1 Å². The fourth-order valence-corrected chi connectivity index (χ4v) is 6.91. The lowest BCUT2D eigenvalue weighted by Crippen LogP contribution is -2.35. The zero-order valence-corrected chi connectivity index (χ0v) is 20.8. The zero-order chi connectivity index (χ0) is 22.8. The number of aliphatic hydroxyl groups is 1. The smallest absolute Gasteiger partial charge is 0.264 e. The van der Waals surface area contributed by atoms with Crippen LogP contribution in [0.5, 0.6) is 0 Å². The number of halogens is 1. The van der Waals surface area contributed by atoms with E-state index in [-0.39, 0.29) is 6.10 Å². The molecule has 5 atom stereocenters. The van der Waals surface area contributed by atoms with Gasteiger partial charge in [0.05, 0.1) is 6.10 Å². The summed E-state index contributed by atoms with van der Waals surface area (Å²) < 4.78 is 21.0. The first-order valence-electron chi connectivity index (χ1n) is 11.1. The lowest BCUT2D eigenvalue weighted by molar-refractivity contribution is 0.0427. The number of anilines is 1. The molecule has 3 rings (SSSR count). The monoisotopic (exact) mass is 463 g/mol. The van der Waals surface area contributed by atoms with Crippen molar-refractivity contribution in [1.29, 1.82) is 0 Å². The van der Waals surface area contributed by atoms with E-state index < -0.39 is 13.2 Å². The summed E-state index contributed by atoms with van der Waals surface area (Å²) in [6, 6.07) is 14.4. The minimum Gasteiger partial charge on any atom is -0.378 e. The van der Waals surface area contributed by atoms with Crippen molar-refractivity contribution in [2.75, 3.05) is 19.0 Å². The van der Waals surface area contributed by atoms with Crippen LogP contribution in [0.25, 0.3) is 0 Å². The van der Waals surface area contributed by atoms with E-state index in [2.05, 4.69) is 20.8 Å². The minimum atomic E-state index is -3.63. The van der Waals surface area contributed by atoms with Gasteiger partial charge in [-0.25, -0.2) is 0 Å². The first kappa shape index (κ1) is 24.3. The Kier molecular flexibility index (Phi) is 7.91. The van der Waals surface area contributed by atoms with E-state index in [0.29, 0.717) is 33.6 Å². The van der Waals surface area contributed by atoms with Gasteiger partial charge < -0.3 is 14.5 Å². The molecule has 1 aliphatic carbocycles. The van der Waals surface area contributed by atoms with Crippen LogP contribution in [0.2, 0.25) is 5.02 Å². The maximum Gasteiger partial charge on any atom is 0.264 e. The van der Waals surface area contributed by atoms with Crippen molar-refractivity contribution in [2.24, 2.45) is 17.8 Å². The highest BCUT2D eigenvalue weighted by Gasteiger charge is 2.42. The maximum absolute atomic E-state index is 14.5. The fourth-order valence-electron chi connectivity index (χ4n) is 4.49. The van der Waals surface area contributed by atoms with E-state index in [0.717, 1.165) is 24.9 Å². The Morgan fingerprint density at radius 2 is 1.68 bits per heavy atom. The molecule has 2 aromatic rings. The van der Waals surface area contributed by atoms with Crippen molar-refractivity contribution >= 4 is 30.0 Å². The van der Waals surface area contributed by atoms with Crippen LogP contribution in [0.15, 0.2) is 48.5 Å². The van der Waals surface area contributed by atoms with Crippen molar-refractivity contribution in [2.45, 2.75) is 52.0 Å². The van der Waals surface area contributed by atoms with Crippen LogP contribution in [0.4, 0.5) is 5.69 Å². The van der Waals surface area contributed by atoms with E-state index in [1.54, 1.807) is 24.3 Å². The molecule has 1 N–H and O–H groups in total. The Balaban J connectivity index is 2.02. The summed E-state index contributed by atoms with van der Waals surface area (Å²) in [5.74, 6) is 0.00925. The molecule has 4 nitrogen and oxygen atoms in total. The molecular weight excluding hydrogens is 429 g/mol. The molecule has 0 spiro atoms. The van der Waals surface area contributed by atoms with E-state index in [9.17, 15) is 9.67 Å². The van der Waals surface area contributed by atoms with Crippen molar-refractivity contribution in [1.82, 2.24) is 0 Å². The van der Waals surface area contributed by atoms with Gasteiger partial charge in [-0.1, -0.05) is 50.9 Å². The van der Waals surface area contributed by atoms with E-state index in [1.165, 1.54) is 0 Å². The molecule has 1 fully saturated rings. The Hall–Kier alpha value is -1.32. The molecule has 0 radical (unpaired) electrons. The van der Waals surface area contributed by atoms with Crippen LogP contribution in [-0.4, -0.2) is 25.3 Å². The molecule has 0 amide bonds. The summed E-state index contributed by atoms with van der Waals surface area (Å²) in [7, 11) is 0.297. The summed E-state index contributed by atoms with van der Waals surface area (Å²) in [6.07, 6.45) is 2.92. The van der Waals surface area contributed by atoms with Crippen LogP contribution in [-0.2, 0) is 9.09 Å². The van der Waals surface area contributed by atoms with Crippen molar-refractivity contribution in [3.8, 4) is 0 Å². The third-order valence-corrected chi connectivity index (χ3v) is 9.27. The molecule has 2 aromatic carbocycles. The predicted molar refractivity (Wildman–Crippen MR) is 131 cm³/mol. The molecule has 0 bridgehead atoms. The first-order chi connectivity index (χ1) is 14.6. The second-order valence-corrected chi connectivity index (χ2v) is 12.2. The van der Waals surface area contributed by atoms with Gasteiger partial charge in [-0.2, -0.15) is 0 Å². The number of aliphatic hydroxyl groups excluding tert-OH is 1. The molecule has 31 heavy (non-hydrogen) atoms. The summed E-state index contributed by atoms with van der Waals surface area (Å²) in [5, 5.41) is 12.5. The van der Waals surface area contributed by atoms with Crippen molar-refractivity contribution < 1.29 is 14.2 Å². The average molecular weight is 464 g/mol. The Labute approximate surface area is 192 Å². The van der Waals surface area contributed by atoms with Crippen molar-refractivity contribution in [3.63, 3.8) is 0 Å². The number of nitrogens with zero attached hydrogens (tertiary/aromatic N) is 1. The summed E-state index contributed by atoms with van der Waals surface area (Å²) in [4.78, 5) is 1.99. The van der Waals surface area contributed by atoms with Gasteiger partial charge in [-0.15, -0.1) is 0 Å². The molecule has 1 aliphatic rings. The van der Waals surface area contributed by atoms with Crippen LogP contribution in [0, 0.1) is 17.8 Å². The van der Waals surface area contributed by atoms with E-state index >= 15 is 0 Å². The molecule has 170 valence electrons. The third-order valence-electron chi connectivity index (χ3n) is 6.47. The summed E-state index contributed by atoms with van der Waals surface area (Å²) >= 11 is 6.03. The Morgan fingerprint density at radius 1 is 1.06 bits per heavy atom. The largest absolute Gasteiger partial charge is 0.378 e. The molecule has 0 unspecified atom stereocenters. The highest BCUT2D eigenvalue weighted by atomic mass is 35.5. The molecule has 0 aromatic heterocycles. The summed E-state index contributed by atoms with van der Waals surface area (Å²) in [6.45, 7) is 6.62. The second-order valence-electron chi connectivity index (χ2n) is 9.40. The first-order valence-corrected chi connectivity index (χ1v) is 13.2. The minimum absolute atomic E-state index is 0.148. The van der Waals surface area contributed by atoms with Crippen LogP contribution in [0.3, 0.4) is 0 Å². The number of rotatable bonds is 7. The third kappa shape index (κ3) is 5.54.